The molecule has 1 aromatic carbocycles. The number of carbonyl (C=O) groups is 3. The van der Waals surface area contributed by atoms with E-state index >= 15 is 0 Å². The third-order valence-corrected chi connectivity index (χ3v) is 8.23. The van der Waals surface area contributed by atoms with Crippen LogP contribution in [0.5, 0.6) is 0 Å². The van der Waals surface area contributed by atoms with Crippen molar-refractivity contribution in [2.45, 2.75) is 45.1 Å². The summed E-state index contributed by atoms with van der Waals surface area (Å²) in [5.41, 5.74) is 2.24. The van der Waals surface area contributed by atoms with E-state index in [0.717, 1.165) is 96.7 Å². The maximum Gasteiger partial charge on any atom is 0.253 e. The molecule has 3 amide bonds. The van der Waals surface area contributed by atoms with Crippen LogP contribution in [-0.2, 0) is 9.59 Å². The van der Waals surface area contributed by atoms with Crippen LogP contribution in [-0.4, -0.2) is 110 Å². The summed E-state index contributed by atoms with van der Waals surface area (Å²) in [4.78, 5) is 50.1. The monoisotopic (exact) mass is 496 g/mol. The van der Waals surface area contributed by atoms with Gasteiger partial charge in [-0.15, -0.1) is 0 Å². The number of piperidine rings is 1. The second kappa shape index (κ2) is 11.2. The molecular formula is C27H40N6O3. The molecule has 5 rings (SSSR count). The van der Waals surface area contributed by atoms with Crippen LogP contribution in [0.1, 0.15) is 49.4 Å². The summed E-state index contributed by atoms with van der Waals surface area (Å²) in [6.07, 6.45) is 4.93. The molecule has 9 nitrogen and oxygen atoms in total. The summed E-state index contributed by atoms with van der Waals surface area (Å²) in [5, 5.41) is 3.03. The summed E-state index contributed by atoms with van der Waals surface area (Å²) in [5.74, 6) is -0.170. The van der Waals surface area contributed by atoms with Crippen LogP contribution in [0.3, 0.4) is 0 Å². The predicted octanol–water partition coefficient (Wildman–Crippen LogP) is 1.38. The van der Waals surface area contributed by atoms with Gasteiger partial charge in [-0.3, -0.25) is 24.2 Å². The van der Waals surface area contributed by atoms with Gasteiger partial charge in [0.05, 0.1) is 11.4 Å². The number of nitrogens with zero attached hydrogens (tertiary/aromatic N) is 5. The predicted molar refractivity (Wildman–Crippen MR) is 140 cm³/mol. The van der Waals surface area contributed by atoms with Crippen molar-refractivity contribution in [1.29, 1.82) is 0 Å². The molecule has 9 heteroatoms. The maximum absolute atomic E-state index is 13.6. The number of piperazine rings is 1. The number of rotatable bonds is 7. The van der Waals surface area contributed by atoms with Crippen LogP contribution in [0, 0.1) is 0 Å². The average molecular weight is 497 g/mol. The largest absolute Gasteiger partial charge is 0.358 e. The molecule has 1 N–H and O–H groups in total. The van der Waals surface area contributed by atoms with Crippen molar-refractivity contribution in [3.8, 4) is 0 Å². The molecule has 4 aliphatic heterocycles. The molecule has 4 aliphatic rings. The fraction of sp³-hybridized carbons (Fsp3) is 0.667. The van der Waals surface area contributed by atoms with Gasteiger partial charge < -0.3 is 20.0 Å². The molecule has 0 bridgehead atoms. The number of nitrogens with one attached hydrogen (secondary N) is 1. The van der Waals surface area contributed by atoms with Crippen LogP contribution in [0.2, 0.25) is 0 Å². The summed E-state index contributed by atoms with van der Waals surface area (Å²) in [6, 6.07) is 5.47. The number of amides is 3. The Morgan fingerprint density at radius 2 is 1.64 bits per heavy atom. The van der Waals surface area contributed by atoms with Crippen LogP contribution in [0.25, 0.3) is 0 Å². The van der Waals surface area contributed by atoms with E-state index in [1.54, 1.807) is 4.90 Å². The van der Waals surface area contributed by atoms with E-state index in [1.807, 2.05) is 23.1 Å². The van der Waals surface area contributed by atoms with E-state index in [2.05, 4.69) is 26.9 Å². The summed E-state index contributed by atoms with van der Waals surface area (Å²) in [7, 11) is 0. The number of benzene rings is 1. The Morgan fingerprint density at radius 3 is 2.39 bits per heavy atom. The van der Waals surface area contributed by atoms with E-state index in [4.69, 9.17) is 0 Å². The molecule has 1 atom stereocenters. The van der Waals surface area contributed by atoms with Gasteiger partial charge in [0.2, 0.25) is 11.8 Å². The molecule has 36 heavy (non-hydrogen) atoms. The molecule has 0 spiro atoms. The minimum absolute atomic E-state index is 0.0103. The quantitative estimate of drug-likeness (QED) is 0.615. The fourth-order valence-electron chi connectivity index (χ4n) is 6.04. The Balaban J connectivity index is 1.28. The first-order valence-electron chi connectivity index (χ1n) is 13.8. The minimum Gasteiger partial charge on any atom is -0.358 e. The Hall–Kier alpha value is -2.65. The molecule has 1 aromatic rings. The average Bonchev–Trinajstić information content (AvgIpc) is 3.46. The van der Waals surface area contributed by atoms with Crippen LogP contribution in [0.4, 0.5) is 11.4 Å². The van der Waals surface area contributed by atoms with Crippen molar-refractivity contribution in [3.05, 3.63) is 23.8 Å². The van der Waals surface area contributed by atoms with E-state index < -0.39 is 0 Å². The molecule has 3 fully saturated rings. The minimum atomic E-state index is -0.228. The van der Waals surface area contributed by atoms with Crippen molar-refractivity contribution < 1.29 is 14.4 Å². The van der Waals surface area contributed by atoms with Gasteiger partial charge >= 0.3 is 0 Å². The van der Waals surface area contributed by atoms with E-state index in [9.17, 15) is 14.4 Å². The van der Waals surface area contributed by atoms with Gasteiger partial charge in [0.15, 0.2) is 0 Å². The Labute approximate surface area is 214 Å². The molecule has 3 saturated heterocycles. The van der Waals surface area contributed by atoms with Gasteiger partial charge in [0.1, 0.15) is 12.6 Å². The van der Waals surface area contributed by atoms with Crippen molar-refractivity contribution in [3.63, 3.8) is 0 Å². The summed E-state index contributed by atoms with van der Waals surface area (Å²) >= 11 is 0. The second-order valence-electron chi connectivity index (χ2n) is 10.5. The number of hydrogen-bond donors (Lipinski definition) is 1. The maximum atomic E-state index is 13.6. The lowest BCUT2D eigenvalue weighted by atomic mass is 9.95. The number of fused-ring (bicyclic) bond motifs is 3. The first kappa shape index (κ1) is 25.0. The highest BCUT2D eigenvalue weighted by Gasteiger charge is 2.40. The lowest BCUT2D eigenvalue weighted by molar-refractivity contribution is -0.125. The molecule has 0 aliphatic carbocycles. The van der Waals surface area contributed by atoms with Gasteiger partial charge in [-0.1, -0.05) is 6.92 Å². The van der Waals surface area contributed by atoms with Crippen LogP contribution < -0.4 is 15.1 Å². The molecule has 0 radical (unpaired) electrons. The third kappa shape index (κ3) is 5.22. The van der Waals surface area contributed by atoms with E-state index in [-0.39, 0.29) is 30.3 Å². The lowest BCUT2D eigenvalue weighted by Crippen LogP contribution is -2.57. The highest BCUT2D eigenvalue weighted by atomic mass is 16.2. The number of anilines is 2. The van der Waals surface area contributed by atoms with Crippen LogP contribution in [0.15, 0.2) is 18.2 Å². The standard InChI is InChI=1S/C27H40N6O3/c1-2-29-15-17-30(18-16-29)14-10-28-25(34)20-33-24-19-21(26(35)31-11-5-6-12-31)8-9-22(24)32-13-4-3-7-23(32)27(33)36/h8-9,19,23H,2-7,10-18,20H2,1H3,(H,28,34)/t23-/m1/s1. The summed E-state index contributed by atoms with van der Waals surface area (Å²) < 4.78 is 0. The van der Waals surface area contributed by atoms with E-state index in [1.165, 1.54) is 0 Å². The lowest BCUT2D eigenvalue weighted by Gasteiger charge is -2.45. The summed E-state index contributed by atoms with van der Waals surface area (Å²) in [6.45, 7) is 11.2. The fourth-order valence-corrected chi connectivity index (χ4v) is 6.04. The molecule has 196 valence electrons. The SMILES string of the molecule is CCN1CCN(CCNC(=O)CN2C(=O)[C@H]3CCCCN3c3ccc(C(=O)N4CCCC4)cc32)CC1. The number of likely N-dealkylation sites (tertiary alicyclic amines) is 1. The van der Waals surface area contributed by atoms with Gasteiger partial charge in [0.25, 0.3) is 5.91 Å². The van der Waals surface area contributed by atoms with Crippen molar-refractivity contribution in [2.75, 3.05) is 81.8 Å². The first-order chi connectivity index (χ1) is 17.5. The zero-order valence-corrected chi connectivity index (χ0v) is 21.6. The Kier molecular flexibility index (Phi) is 7.76. The van der Waals surface area contributed by atoms with Gasteiger partial charge in [0, 0.05) is 64.5 Å². The van der Waals surface area contributed by atoms with Gasteiger partial charge in [-0.2, -0.15) is 0 Å². The van der Waals surface area contributed by atoms with Crippen LogP contribution >= 0.6 is 0 Å². The first-order valence-corrected chi connectivity index (χ1v) is 13.8. The zero-order chi connectivity index (χ0) is 25.1. The number of likely N-dealkylation sites (N-methyl/N-ethyl adjacent to an activating group) is 1. The van der Waals surface area contributed by atoms with Crippen molar-refractivity contribution >= 4 is 29.1 Å². The smallest absolute Gasteiger partial charge is 0.253 e. The molecule has 0 unspecified atom stereocenters. The molecule has 4 heterocycles. The molecular weight excluding hydrogens is 456 g/mol. The second-order valence-corrected chi connectivity index (χ2v) is 10.5. The van der Waals surface area contributed by atoms with Crippen molar-refractivity contribution in [1.82, 2.24) is 20.0 Å². The Bertz CT molecular complexity index is 970. The highest BCUT2D eigenvalue weighted by Crippen LogP contribution is 2.40. The zero-order valence-electron chi connectivity index (χ0n) is 21.6. The number of hydrogen-bond acceptors (Lipinski definition) is 6. The van der Waals surface area contributed by atoms with E-state index in [0.29, 0.717) is 17.8 Å². The molecule has 0 saturated carbocycles. The third-order valence-electron chi connectivity index (χ3n) is 8.23. The number of carbonyl (C=O) groups excluding carboxylic acids is 3. The van der Waals surface area contributed by atoms with Gasteiger partial charge in [-0.25, -0.2) is 0 Å². The van der Waals surface area contributed by atoms with Crippen molar-refractivity contribution in [2.24, 2.45) is 0 Å². The topological polar surface area (TPSA) is 79.4 Å². The van der Waals surface area contributed by atoms with Gasteiger partial charge in [-0.05, 0) is 56.8 Å². The Morgan fingerprint density at radius 1 is 0.917 bits per heavy atom. The normalized spacial score (nSPS) is 23.0. The molecule has 0 aromatic heterocycles. The highest BCUT2D eigenvalue weighted by molar-refractivity contribution is 6.09.